The van der Waals surface area contributed by atoms with Crippen LogP contribution in [0.1, 0.15) is 30.6 Å². The van der Waals surface area contributed by atoms with Gasteiger partial charge in [0.15, 0.2) is 0 Å². The molecule has 1 heterocycles. The quantitative estimate of drug-likeness (QED) is 0.371. The summed E-state index contributed by atoms with van der Waals surface area (Å²) >= 11 is 3.57. The number of rotatable bonds is 4. The smallest absolute Gasteiger partial charge is 0.258 e. The molecule has 0 unspecified atom stereocenters. The lowest BCUT2D eigenvalue weighted by Gasteiger charge is -2.13. The van der Waals surface area contributed by atoms with Gasteiger partial charge in [0.25, 0.3) is 5.69 Å². The highest BCUT2D eigenvalue weighted by Gasteiger charge is 2.18. The molecule has 1 aliphatic rings. The van der Waals surface area contributed by atoms with Crippen molar-refractivity contribution in [1.29, 1.82) is 0 Å². The van der Waals surface area contributed by atoms with Crippen LogP contribution >= 0.6 is 23.1 Å². The maximum Gasteiger partial charge on any atom is 0.269 e. The molecule has 1 aliphatic carbocycles. The van der Waals surface area contributed by atoms with Crippen LogP contribution in [-0.4, -0.2) is 4.92 Å². The van der Waals surface area contributed by atoms with Crippen LogP contribution in [0.5, 0.6) is 0 Å². The molecule has 0 saturated carbocycles. The average Bonchev–Trinajstić information content (AvgIpc) is 3.02. The van der Waals surface area contributed by atoms with Crippen molar-refractivity contribution in [3.63, 3.8) is 0 Å². The Kier molecular flexibility index (Phi) is 4.59. The maximum absolute atomic E-state index is 10.9. The third kappa shape index (κ3) is 3.34. The van der Waals surface area contributed by atoms with Crippen molar-refractivity contribution in [2.45, 2.75) is 35.5 Å². The number of thiophene rings is 1. The summed E-state index contributed by atoms with van der Waals surface area (Å²) in [5, 5.41) is 12.1. The minimum Gasteiger partial charge on any atom is -0.258 e. The molecule has 0 atom stereocenters. The van der Waals surface area contributed by atoms with E-state index >= 15 is 0 Å². The molecule has 0 fully saturated rings. The monoisotopic (exact) mass is 367 g/mol. The van der Waals surface area contributed by atoms with E-state index in [0.29, 0.717) is 0 Å². The van der Waals surface area contributed by atoms with E-state index in [1.165, 1.54) is 38.3 Å². The Morgan fingerprint density at radius 1 is 1.04 bits per heavy atom. The van der Waals surface area contributed by atoms with Crippen LogP contribution in [-0.2, 0) is 0 Å². The molecule has 3 aromatic rings. The molecule has 25 heavy (non-hydrogen) atoms. The van der Waals surface area contributed by atoms with Gasteiger partial charge in [-0.15, -0.1) is 11.3 Å². The Bertz CT molecular complexity index is 957. The van der Waals surface area contributed by atoms with Gasteiger partial charge in [0.1, 0.15) is 0 Å². The van der Waals surface area contributed by atoms with Crippen LogP contribution in [0.4, 0.5) is 5.69 Å². The minimum absolute atomic E-state index is 0.134. The first kappa shape index (κ1) is 16.4. The molecular weight excluding hydrogens is 350 g/mol. The molecule has 0 N–H and O–H groups in total. The third-order valence-corrected chi connectivity index (χ3v) is 6.91. The average molecular weight is 367 g/mol. The van der Waals surface area contributed by atoms with E-state index in [0.717, 1.165) is 17.7 Å². The molecule has 1 aromatic heterocycles. The number of hydrogen-bond donors (Lipinski definition) is 0. The van der Waals surface area contributed by atoms with Crippen LogP contribution in [0.3, 0.4) is 0 Å². The SMILES string of the molecule is O=[N+]([O-])c1ccc(Sc2c(C3=CCCCC3)sc3ccccc23)cc1. The second kappa shape index (κ2) is 7.02. The second-order valence-electron chi connectivity index (χ2n) is 6.08. The lowest BCUT2D eigenvalue weighted by molar-refractivity contribution is -0.384. The van der Waals surface area contributed by atoms with Crippen LogP contribution < -0.4 is 0 Å². The van der Waals surface area contributed by atoms with Gasteiger partial charge in [-0.2, -0.15) is 0 Å². The van der Waals surface area contributed by atoms with E-state index in [4.69, 9.17) is 0 Å². The van der Waals surface area contributed by atoms with Crippen LogP contribution in [0.25, 0.3) is 15.7 Å². The summed E-state index contributed by atoms with van der Waals surface area (Å²) in [5.74, 6) is 0. The first-order chi connectivity index (χ1) is 12.2. The molecule has 5 heteroatoms. The molecule has 0 aliphatic heterocycles. The molecular formula is C20H17NO2S2. The summed E-state index contributed by atoms with van der Waals surface area (Å²) in [4.78, 5) is 14.2. The fourth-order valence-corrected chi connectivity index (χ4v) is 5.63. The first-order valence-electron chi connectivity index (χ1n) is 8.35. The fraction of sp³-hybridized carbons (Fsp3) is 0.200. The molecule has 3 nitrogen and oxygen atoms in total. The molecule has 0 bridgehead atoms. The Balaban J connectivity index is 1.76. The van der Waals surface area contributed by atoms with Crippen molar-refractivity contribution >= 4 is 44.4 Å². The lowest BCUT2D eigenvalue weighted by Crippen LogP contribution is -1.91. The highest BCUT2D eigenvalue weighted by molar-refractivity contribution is 7.99. The summed E-state index contributed by atoms with van der Waals surface area (Å²) in [5.41, 5.74) is 1.59. The number of nitrogens with zero attached hydrogens (tertiary/aromatic N) is 1. The van der Waals surface area contributed by atoms with Gasteiger partial charge in [-0.25, -0.2) is 0 Å². The summed E-state index contributed by atoms with van der Waals surface area (Å²) in [7, 11) is 0. The number of nitro groups is 1. The standard InChI is InChI=1S/C20H17NO2S2/c22-21(23)15-10-12-16(13-11-15)24-20-17-8-4-5-9-18(17)25-19(20)14-6-2-1-3-7-14/h4-6,8-13H,1-3,7H2. The van der Waals surface area contributed by atoms with E-state index in [2.05, 4.69) is 30.3 Å². The van der Waals surface area contributed by atoms with Crippen molar-refractivity contribution in [3.8, 4) is 0 Å². The highest BCUT2D eigenvalue weighted by Crippen LogP contribution is 2.46. The molecule has 126 valence electrons. The number of fused-ring (bicyclic) bond motifs is 1. The van der Waals surface area contributed by atoms with Crippen molar-refractivity contribution in [2.75, 3.05) is 0 Å². The normalized spacial score (nSPS) is 14.5. The molecule has 4 rings (SSSR count). The largest absolute Gasteiger partial charge is 0.269 e. The predicted octanol–water partition coefficient (Wildman–Crippen LogP) is 6.92. The maximum atomic E-state index is 10.9. The molecule has 0 amide bonds. The molecule has 0 radical (unpaired) electrons. The molecule has 2 aromatic carbocycles. The third-order valence-electron chi connectivity index (χ3n) is 4.40. The number of benzene rings is 2. The Labute approximate surface area is 154 Å². The van der Waals surface area contributed by atoms with Gasteiger partial charge in [0, 0.05) is 36.9 Å². The fourth-order valence-electron chi connectivity index (χ4n) is 3.13. The van der Waals surface area contributed by atoms with Gasteiger partial charge in [0.05, 0.1) is 4.92 Å². The highest BCUT2D eigenvalue weighted by atomic mass is 32.2. The van der Waals surface area contributed by atoms with E-state index in [1.54, 1.807) is 23.9 Å². The van der Waals surface area contributed by atoms with Crippen molar-refractivity contribution < 1.29 is 4.92 Å². The number of allylic oxidation sites excluding steroid dienone is 2. The number of nitro benzene ring substituents is 1. The lowest BCUT2D eigenvalue weighted by atomic mass is 9.98. The number of hydrogen-bond acceptors (Lipinski definition) is 4. The molecule has 0 saturated heterocycles. The molecule has 0 spiro atoms. The van der Waals surface area contributed by atoms with E-state index in [-0.39, 0.29) is 10.6 Å². The van der Waals surface area contributed by atoms with Gasteiger partial charge < -0.3 is 0 Å². The van der Waals surface area contributed by atoms with E-state index in [1.807, 2.05) is 23.5 Å². The minimum atomic E-state index is -0.354. The topological polar surface area (TPSA) is 43.1 Å². The second-order valence-corrected chi connectivity index (χ2v) is 8.22. The van der Waals surface area contributed by atoms with Crippen molar-refractivity contribution in [3.05, 3.63) is 69.6 Å². The van der Waals surface area contributed by atoms with Gasteiger partial charge in [-0.1, -0.05) is 36.0 Å². The summed E-state index contributed by atoms with van der Waals surface area (Å²) in [6, 6.07) is 15.3. The van der Waals surface area contributed by atoms with Gasteiger partial charge >= 0.3 is 0 Å². The van der Waals surface area contributed by atoms with Crippen molar-refractivity contribution in [1.82, 2.24) is 0 Å². The van der Waals surface area contributed by atoms with E-state index in [9.17, 15) is 10.1 Å². The predicted molar refractivity (Wildman–Crippen MR) is 105 cm³/mol. The first-order valence-corrected chi connectivity index (χ1v) is 9.99. The zero-order chi connectivity index (χ0) is 17.2. The van der Waals surface area contributed by atoms with Crippen molar-refractivity contribution in [2.24, 2.45) is 0 Å². The Hall–Kier alpha value is -2.11. The zero-order valence-corrected chi connectivity index (χ0v) is 15.2. The summed E-state index contributed by atoms with van der Waals surface area (Å²) < 4.78 is 1.30. The summed E-state index contributed by atoms with van der Waals surface area (Å²) in [6.45, 7) is 0. The summed E-state index contributed by atoms with van der Waals surface area (Å²) in [6.07, 6.45) is 7.21. The van der Waals surface area contributed by atoms with Gasteiger partial charge in [0.2, 0.25) is 0 Å². The number of non-ortho nitro benzene ring substituents is 1. The Morgan fingerprint density at radius 3 is 2.56 bits per heavy atom. The van der Waals surface area contributed by atoms with Gasteiger partial charge in [-0.3, -0.25) is 10.1 Å². The van der Waals surface area contributed by atoms with Crippen LogP contribution in [0, 0.1) is 10.1 Å². The zero-order valence-electron chi connectivity index (χ0n) is 13.6. The van der Waals surface area contributed by atoms with Crippen LogP contribution in [0.2, 0.25) is 0 Å². The van der Waals surface area contributed by atoms with Gasteiger partial charge in [-0.05, 0) is 49.5 Å². The van der Waals surface area contributed by atoms with Crippen LogP contribution in [0.15, 0.2) is 64.4 Å². The Morgan fingerprint density at radius 2 is 1.84 bits per heavy atom. The van der Waals surface area contributed by atoms with E-state index < -0.39 is 0 Å².